The molecule has 0 fully saturated rings. The molecule has 0 N–H and O–H groups in total. The Balaban J connectivity index is 1.78. The first-order chi connectivity index (χ1) is 19.1. The van der Waals surface area contributed by atoms with Gasteiger partial charge in [0, 0.05) is 23.5 Å². The topological polar surface area (TPSA) is 83.9 Å². The molecule has 6 nitrogen and oxygen atoms in total. The summed E-state index contributed by atoms with van der Waals surface area (Å²) in [5, 5.41) is 10.9. The number of alkyl halides is 3. The van der Waals surface area contributed by atoms with Crippen LogP contribution in [0, 0.1) is 17.2 Å². The number of halogens is 4. The van der Waals surface area contributed by atoms with Gasteiger partial charge in [-0.15, -0.1) is 0 Å². The molecule has 0 radical (unpaired) electrons. The van der Waals surface area contributed by atoms with Gasteiger partial charge in [-0.25, -0.2) is 14.4 Å². The first kappa shape index (κ1) is 29.3. The van der Waals surface area contributed by atoms with Gasteiger partial charge in [-0.1, -0.05) is 20.8 Å². The van der Waals surface area contributed by atoms with Gasteiger partial charge in [0.15, 0.2) is 0 Å². The van der Waals surface area contributed by atoms with Crippen LogP contribution < -0.4 is 0 Å². The second-order valence-electron chi connectivity index (χ2n) is 9.58. The molecule has 4 rings (SSSR count). The highest BCUT2D eigenvalue weighted by Gasteiger charge is 2.35. The van der Waals surface area contributed by atoms with Crippen LogP contribution in [-0.2, 0) is 17.2 Å². The molecule has 0 bridgehead atoms. The van der Waals surface area contributed by atoms with Crippen LogP contribution in [0.25, 0.3) is 28.2 Å². The molecule has 2 atom stereocenters. The maximum Gasteiger partial charge on any atom is 0.391 e. The summed E-state index contributed by atoms with van der Waals surface area (Å²) in [4.78, 5) is 14.0. The van der Waals surface area contributed by atoms with Crippen molar-refractivity contribution in [2.24, 2.45) is 10.9 Å². The van der Waals surface area contributed by atoms with E-state index in [9.17, 15) is 27.0 Å². The third kappa shape index (κ3) is 6.07. The van der Waals surface area contributed by atoms with Gasteiger partial charge in [0.25, 0.3) is 0 Å². The third-order valence-electron chi connectivity index (χ3n) is 6.96. The fraction of sp³-hybridized carbons (Fsp3) is 0.379. The Morgan fingerprint density at radius 1 is 1.18 bits per heavy atom. The van der Waals surface area contributed by atoms with Crippen LogP contribution in [-0.4, -0.2) is 36.9 Å². The van der Waals surface area contributed by atoms with Crippen molar-refractivity contribution < 1.29 is 21.8 Å². The smallest absolute Gasteiger partial charge is 0.275 e. The van der Waals surface area contributed by atoms with Gasteiger partial charge in [0.2, 0.25) is 0 Å². The zero-order valence-electron chi connectivity index (χ0n) is 22.4. The standard InChI is InChI=1S/C29H29F4N5OS/c1-4-19-13-23-24(14-34)26(38(28(23)36-15-19)27-20(5-2)8-9-21(30)16-37-27)25-11-10-22(17-35-25)40(39)12-6-7-18(3)29(31,32)33/h9-11,13,15-18H,4-8,12H2,1-3H3. The zero-order valence-corrected chi connectivity index (χ0v) is 23.2. The lowest BCUT2D eigenvalue weighted by atomic mass is 10.1. The number of nitrogens with zero attached hydrogens (tertiary/aromatic N) is 5. The SMILES string of the molecule is CCC1=C(n2c(-c3ccc(S(=O)CCCC(C)C(F)(F)F)cn3)c(C#N)c3cc(CC)cnc32)N=CC(F)=CC1. The summed E-state index contributed by atoms with van der Waals surface area (Å²) in [6.07, 6.45) is 3.15. The van der Waals surface area contributed by atoms with Crippen molar-refractivity contribution in [1.29, 1.82) is 5.26 Å². The molecule has 3 aromatic heterocycles. The molecule has 1 aliphatic rings. The number of aliphatic imine (C=N–C) groups is 1. The molecule has 11 heteroatoms. The lowest BCUT2D eigenvalue weighted by Gasteiger charge is -2.15. The minimum absolute atomic E-state index is 0.0783. The lowest BCUT2D eigenvalue weighted by molar-refractivity contribution is -0.171. The Bertz CT molecular complexity index is 1560. The van der Waals surface area contributed by atoms with Crippen LogP contribution in [0.2, 0.25) is 0 Å². The minimum Gasteiger partial charge on any atom is -0.275 e. The van der Waals surface area contributed by atoms with Crippen molar-refractivity contribution in [3.63, 3.8) is 0 Å². The van der Waals surface area contributed by atoms with E-state index in [0.717, 1.165) is 24.3 Å². The quantitative estimate of drug-likeness (QED) is 0.249. The van der Waals surface area contributed by atoms with Crippen molar-refractivity contribution in [3.05, 3.63) is 59.2 Å². The number of hydrogen-bond acceptors (Lipinski definition) is 5. The normalized spacial score (nSPS) is 15.6. The number of aromatic nitrogens is 3. The van der Waals surface area contributed by atoms with Crippen LogP contribution in [0.4, 0.5) is 17.6 Å². The number of aryl methyl sites for hydroxylation is 1. The van der Waals surface area contributed by atoms with Crippen LogP contribution in [0.3, 0.4) is 0 Å². The molecule has 3 aromatic rings. The van der Waals surface area contributed by atoms with Crippen LogP contribution in [0.1, 0.15) is 57.6 Å². The van der Waals surface area contributed by atoms with E-state index in [0.29, 0.717) is 58.0 Å². The zero-order chi connectivity index (χ0) is 29.0. The Morgan fingerprint density at radius 3 is 2.58 bits per heavy atom. The molecule has 0 spiro atoms. The maximum absolute atomic E-state index is 14.2. The van der Waals surface area contributed by atoms with Gasteiger partial charge in [-0.05, 0) is 67.5 Å². The van der Waals surface area contributed by atoms with Gasteiger partial charge >= 0.3 is 6.18 Å². The molecule has 0 saturated heterocycles. The van der Waals surface area contributed by atoms with Gasteiger partial charge < -0.3 is 0 Å². The second kappa shape index (κ2) is 12.3. The predicted molar refractivity (Wildman–Crippen MR) is 149 cm³/mol. The maximum atomic E-state index is 14.2. The summed E-state index contributed by atoms with van der Waals surface area (Å²) in [5.41, 5.74) is 3.42. The van der Waals surface area contributed by atoms with Crippen LogP contribution in [0.15, 0.2) is 58.0 Å². The third-order valence-corrected chi connectivity index (χ3v) is 8.39. The molecule has 0 aromatic carbocycles. The number of allylic oxidation sites excluding steroid dienone is 3. The van der Waals surface area contributed by atoms with Gasteiger partial charge in [-0.3, -0.25) is 13.8 Å². The summed E-state index contributed by atoms with van der Waals surface area (Å²) < 4.78 is 67.0. The molecule has 1 aliphatic heterocycles. The van der Waals surface area contributed by atoms with Crippen molar-refractivity contribution in [1.82, 2.24) is 14.5 Å². The first-order valence-electron chi connectivity index (χ1n) is 13.1. The summed E-state index contributed by atoms with van der Waals surface area (Å²) in [7, 11) is -1.54. The molecular formula is C29H29F4N5OS. The summed E-state index contributed by atoms with van der Waals surface area (Å²) in [5.74, 6) is -1.39. The fourth-order valence-electron chi connectivity index (χ4n) is 4.52. The van der Waals surface area contributed by atoms with Gasteiger partial charge in [0.05, 0.1) is 44.8 Å². The molecule has 210 valence electrons. The molecule has 0 saturated carbocycles. The van der Waals surface area contributed by atoms with Gasteiger partial charge in [-0.2, -0.15) is 18.4 Å². The fourth-order valence-corrected chi connectivity index (χ4v) is 5.57. The number of fused-ring (bicyclic) bond motifs is 1. The monoisotopic (exact) mass is 571 g/mol. The van der Waals surface area contributed by atoms with E-state index in [-0.39, 0.29) is 18.6 Å². The van der Waals surface area contributed by atoms with E-state index in [1.165, 1.54) is 12.3 Å². The molecule has 40 heavy (non-hydrogen) atoms. The average molecular weight is 572 g/mol. The average Bonchev–Trinajstić information content (AvgIpc) is 3.14. The van der Waals surface area contributed by atoms with Crippen molar-refractivity contribution >= 4 is 33.9 Å². The largest absolute Gasteiger partial charge is 0.391 e. The highest BCUT2D eigenvalue weighted by Crippen LogP contribution is 2.38. The molecular weight excluding hydrogens is 542 g/mol. The van der Waals surface area contributed by atoms with Crippen molar-refractivity contribution in [3.8, 4) is 17.5 Å². The van der Waals surface area contributed by atoms with Crippen LogP contribution in [0.5, 0.6) is 0 Å². The minimum atomic E-state index is -4.27. The van der Waals surface area contributed by atoms with E-state index in [1.54, 1.807) is 22.9 Å². The molecule has 0 amide bonds. The Labute approximate surface area is 232 Å². The summed E-state index contributed by atoms with van der Waals surface area (Å²) in [6, 6.07) is 7.41. The van der Waals surface area contributed by atoms with Crippen molar-refractivity contribution in [2.45, 2.75) is 63.9 Å². The number of nitriles is 1. The molecule has 0 aliphatic carbocycles. The summed E-state index contributed by atoms with van der Waals surface area (Å²) >= 11 is 0. The highest BCUT2D eigenvalue weighted by molar-refractivity contribution is 7.85. The number of rotatable bonds is 9. The molecule has 4 heterocycles. The van der Waals surface area contributed by atoms with Gasteiger partial charge in [0.1, 0.15) is 23.4 Å². The Morgan fingerprint density at radius 2 is 1.95 bits per heavy atom. The Hall–Kier alpha value is -3.65. The number of hydrogen-bond donors (Lipinski definition) is 0. The highest BCUT2D eigenvalue weighted by atomic mass is 32.2. The summed E-state index contributed by atoms with van der Waals surface area (Å²) in [6.45, 7) is 5.04. The lowest BCUT2D eigenvalue weighted by Crippen LogP contribution is -2.20. The van der Waals surface area contributed by atoms with Crippen molar-refractivity contribution in [2.75, 3.05) is 5.75 Å². The van der Waals surface area contributed by atoms with E-state index in [1.807, 2.05) is 19.9 Å². The van der Waals surface area contributed by atoms with Crippen LogP contribution >= 0.6 is 0 Å². The van der Waals surface area contributed by atoms with E-state index >= 15 is 0 Å². The predicted octanol–water partition coefficient (Wildman–Crippen LogP) is 7.53. The van der Waals surface area contributed by atoms with E-state index < -0.39 is 28.7 Å². The van der Waals surface area contributed by atoms with E-state index in [4.69, 9.17) is 0 Å². The van der Waals surface area contributed by atoms with E-state index in [2.05, 4.69) is 21.0 Å². The Kier molecular flexibility index (Phi) is 8.98. The second-order valence-corrected chi connectivity index (χ2v) is 11.2. The molecule has 2 unspecified atom stereocenters. The number of pyridine rings is 2. The first-order valence-corrected chi connectivity index (χ1v) is 14.4.